The highest BCUT2D eigenvalue weighted by molar-refractivity contribution is 5.19. The van der Waals surface area contributed by atoms with Crippen LogP contribution in [-0.4, -0.2) is 47.6 Å². The summed E-state index contributed by atoms with van der Waals surface area (Å²) in [6.45, 7) is 7.14. The monoisotopic (exact) mass is 310 g/mol. The Morgan fingerprint density at radius 3 is 1.91 bits per heavy atom. The highest BCUT2D eigenvalue weighted by Gasteiger charge is 2.23. The lowest BCUT2D eigenvalue weighted by atomic mass is 10.1. The second kappa shape index (κ2) is 7.73. The number of β-amino-alcohol motifs (C(OH)–C–C–N with tert-alkyl or cyclic N) is 1. The molecule has 1 N–H and O–H groups in total. The van der Waals surface area contributed by atoms with Crippen molar-refractivity contribution in [1.29, 1.82) is 0 Å². The van der Waals surface area contributed by atoms with Crippen molar-refractivity contribution in [2.75, 3.05) is 32.7 Å². The van der Waals surface area contributed by atoms with Crippen molar-refractivity contribution in [2.24, 2.45) is 0 Å². The van der Waals surface area contributed by atoms with Gasteiger partial charge in [-0.25, -0.2) is 0 Å². The minimum absolute atomic E-state index is 0.394. The second-order valence-electron chi connectivity index (χ2n) is 6.35. The standard InChI is InChI=1S/C20H26N2O/c1-17(18-8-4-2-5-9-18)22-14-12-21(13-15-22)16-20(23)19-10-6-3-7-11-19/h2-11,17,20,23H,12-16H2,1H3/t17-,20+/m0/s1. The highest BCUT2D eigenvalue weighted by atomic mass is 16.3. The van der Waals surface area contributed by atoms with Gasteiger partial charge in [0.05, 0.1) is 6.10 Å². The van der Waals surface area contributed by atoms with E-state index in [4.69, 9.17) is 0 Å². The molecule has 23 heavy (non-hydrogen) atoms. The predicted octanol–water partition coefficient (Wildman–Crippen LogP) is 3.10. The lowest BCUT2D eigenvalue weighted by molar-refractivity contribution is 0.0589. The minimum Gasteiger partial charge on any atom is -0.387 e. The molecule has 1 fully saturated rings. The van der Waals surface area contributed by atoms with Gasteiger partial charge in [0, 0.05) is 38.8 Å². The van der Waals surface area contributed by atoms with Gasteiger partial charge in [-0.3, -0.25) is 9.80 Å². The molecule has 0 radical (unpaired) electrons. The maximum Gasteiger partial charge on any atom is 0.0916 e. The van der Waals surface area contributed by atoms with E-state index in [0.29, 0.717) is 6.04 Å². The van der Waals surface area contributed by atoms with Crippen LogP contribution >= 0.6 is 0 Å². The molecule has 3 heteroatoms. The van der Waals surface area contributed by atoms with E-state index < -0.39 is 6.10 Å². The molecule has 0 amide bonds. The molecule has 122 valence electrons. The summed E-state index contributed by atoms with van der Waals surface area (Å²) in [7, 11) is 0. The van der Waals surface area contributed by atoms with Gasteiger partial charge in [-0.1, -0.05) is 60.7 Å². The molecule has 2 atom stereocenters. The highest BCUT2D eigenvalue weighted by Crippen LogP contribution is 2.22. The quantitative estimate of drug-likeness (QED) is 0.919. The number of nitrogens with zero attached hydrogens (tertiary/aromatic N) is 2. The average molecular weight is 310 g/mol. The fourth-order valence-corrected chi connectivity index (χ4v) is 3.30. The van der Waals surface area contributed by atoms with Gasteiger partial charge in [-0.05, 0) is 18.1 Å². The van der Waals surface area contributed by atoms with E-state index in [2.05, 4.69) is 47.1 Å². The maximum absolute atomic E-state index is 10.4. The molecule has 3 rings (SSSR count). The van der Waals surface area contributed by atoms with Crippen molar-refractivity contribution >= 4 is 0 Å². The second-order valence-corrected chi connectivity index (χ2v) is 6.35. The topological polar surface area (TPSA) is 26.7 Å². The molecule has 0 unspecified atom stereocenters. The fourth-order valence-electron chi connectivity index (χ4n) is 3.30. The van der Waals surface area contributed by atoms with Crippen molar-refractivity contribution in [3.63, 3.8) is 0 Å². The van der Waals surface area contributed by atoms with E-state index >= 15 is 0 Å². The fraction of sp³-hybridized carbons (Fsp3) is 0.400. The van der Waals surface area contributed by atoms with Gasteiger partial charge < -0.3 is 5.11 Å². The lowest BCUT2D eigenvalue weighted by Crippen LogP contribution is -2.48. The summed E-state index contributed by atoms with van der Waals surface area (Å²) in [5, 5.41) is 10.4. The summed E-state index contributed by atoms with van der Waals surface area (Å²) in [6, 6.07) is 21.1. The Morgan fingerprint density at radius 2 is 1.35 bits per heavy atom. The Bertz CT molecular complexity index is 579. The zero-order chi connectivity index (χ0) is 16.1. The molecule has 1 aliphatic rings. The van der Waals surface area contributed by atoms with Gasteiger partial charge >= 0.3 is 0 Å². The third-order valence-corrected chi connectivity index (χ3v) is 4.85. The Hall–Kier alpha value is -1.68. The Morgan fingerprint density at radius 1 is 0.826 bits per heavy atom. The molecule has 3 nitrogen and oxygen atoms in total. The van der Waals surface area contributed by atoms with Gasteiger partial charge in [0.1, 0.15) is 0 Å². The van der Waals surface area contributed by atoms with E-state index in [1.165, 1.54) is 5.56 Å². The first kappa shape index (κ1) is 16.2. The number of aliphatic hydroxyl groups excluding tert-OH is 1. The van der Waals surface area contributed by atoms with E-state index in [1.807, 2.05) is 30.3 Å². The third-order valence-electron chi connectivity index (χ3n) is 4.85. The minimum atomic E-state index is -0.394. The molecule has 0 aliphatic carbocycles. The van der Waals surface area contributed by atoms with Crippen molar-refractivity contribution in [1.82, 2.24) is 9.80 Å². The molecule has 1 saturated heterocycles. The van der Waals surface area contributed by atoms with Gasteiger partial charge in [0.2, 0.25) is 0 Å². The molecule has 0 bridgehead atoms. The summed E-state index contributed by atoms with van der Waals surface area (Å²) in [5.41, 5.74) is 2.39. The molecule has 0 aromatic heterocycles. The lowest BCUT2D eigenvalue weighted by Gasteiger charge is -2.38. The van der Waals surface area contributed by atoms with Crippen LogP contribution in [0, 0.1) is 0 Å². The first-order valence-corrected chi connectivity index (χ1v) is 8.48. The number of piperazine rings is 1. The average Bonchev–Trinajstić information content (AvgIpc) is 2.63. The van der Waals surface area contributed by atoms with Crippen molar-refractivity contribution < 1.29 is 5.11 Å². The van der Waals surface area contributed by atoms with Crippen LogP contribution in [0.1, 0.15) is 30.2 Å². The van der Waals surface area contributed by atoms with Crippen LogP contribution in [0.3, 0.4) is 0 Å². The van der Waals surface area contributed by atoms with Crippen LogP contribution in [0.2, 0.25) is 0 Å². The Balaban J connectivity index is 1.51. The van der Waals surface area contributed by atoms with Crippen LogP contribution in [0.15, 0.2) is 60.7 Å². The molecule has 2 aromatic carbocycles. The number of hydrogen-bond acceptors (Lipinski definition) is 3. The smallest absolute Gasteiger partial charge is 0.0916 e. The summed E-state index contributed by atoms with van der Waals surface area (Å²) < 4.78 is 0. The summed E-state index contributed by atoms with van der Waals surface area (Å²) in [4.78, 5) is 4.90. The van der Waals surface area contributed by atoms with Crippen molar-refractivity contribution in [3.05, 3.63) is 71.8 Å². The number of rotatable bonds is 5. The molecular formula is C20H26N2O. The van der Waals surface area contributed by atoms with E-state index in [9.17, 15) is 5.11 Å². The van der Waals surface area contributed by atoms with Gasteiger partial charge in [-0.2, -0.15) is 0 Å². The number of benzene rings is 2. The van der Waals surface area contributed by atoms with Crippen LogP contribution in [0.5, 0.6) is 0 Å². The van der Waals surface area contributed by atoms with Crippen molar-refractivity contribution in [2.45, 2.75) is 19.1 Å². The normalized spacial score (nSPS) is 19.4. The maximum atomic E-state index is 10.4. The molecule has 2 aromatic rings. The zero-order valence-electron chi connectivity index (χ0n) is 13.8. The van der Waals surface area contributed by atoms with Gasteiger partial charge in [0.25, 0.3) is 0 Å². The van der Waals surface area contributed by atoms with Crippen LogP contribution in [-0.2, 0) is 0 Å². The largest absolute Gasteiger partial charge is 0.387 e. The van der Waals surface area contributed by atoms with Crippen molar-refractivity contribution in [3.8, 4) is 0 Å². The third kappa shape index (κ3) is 4.20. The first-order valence-electron chi connectivity index (χ1n) is 8.48. The van der Waals surface area contributed by atoms with Gasteiger partial charge in [0.15, 0.2) is 0 Å². The number of hydrogen-bond donors (Lipinski definition) is 1. The molecule has 1 heterocycles. The van der Waals surface area contributed by atoms with E-state index in [0.717, 1.165) is 38.3 Å². The Kier molecular flexibility index (Phi) is 5.44. The van der Waals surface area contributed by atoms with E-state index in [-0.39, 0.29) is 0 Å². The number of aliphatic hydroxyl groups is 1. The first-order chi connectivity index (χ1) is 11.2. The molecule has 1 aliphatic heterocycles. The summed E-state index contributed by atoms with van der Waals surface area (Å²) in [5.74, 6) is 0. The molecule has 0 saturated carbocycles. The summed E-state index contributed by atoms with van der Waals surface area (Å²) in [6.07, 6.45) is -0.394. The molecular weight excluding hydrogens is 284 g/mol. The van der Waals surface area contributed by atoms with Gasteiger partial charge in [-0.15, -0.1) is 0 Å². The van der Waals surface area contributed by atoms with E-state index in [1.54, 1.807) is 0 Å². The molecule has 0 spiro atoms. The Labute approximate surface area is 139 Å². The SMILES string of the molecule is C[C@@H](c1ccccc1)N1CCN(C[C@@H](O)c2ccccc2)CC1. The predicted molar refractivity (Wildman–Crippen MR) is 94.3 cm³/mol. The van der Waals surface area contributed by atoms with Crippen LogP contribution < -0.4 is 0 Å². The van der Waals surface area contributed by atoms with Crippen LogP contribution in [0.4, 0.5) is 0 Å². The zero-order valence-corrected chi connectivity index (χ0v) is 13.8. The van der Waals surface area contributed by atoms with Crippen LogP contribution in [0.25, 0.3) is 0 Å². The summed E-state index contributed by atoms with van der Waals surface area (Å²) >= 11 is 0.